The lowest BCUT2D eigenvalue weighted by atomic mass is 10.1. The third kappa shape index (κ3) is 5.18. The summed E-state index contributed by atoms with van der Waals surface area (Å²) in [6.45, 7) is 1.72. The molecule has 0 aliphatic carbocycles. The Balaban J connectivity index is 2.65. The van der Waals surface area contributed by atoms with Crippen LogP contribution in [0.3, 0.4) is 0 Å². The third-order valence-corrected chi connectivity index (χ3v) is 3.63. The molecule has 0 heterocycles. The van der Waals surface area contributed by atoms with Crippen LogP contribution in [0.2, 0.25) is 0 Å². The first-order valence-electron chi connectivity index (χ1n) is 5.32. The van der Waals surface area contributed by atoms with Gasteiger partial charge in [-0.1, -0.05) is 6.92 Å². The minimum Gasteiger partial charge on any atom is -0.490 e. The van der Waals surface area contributed by atoms with Crippen LogP contribution in [0.15, 0.2) is 18.2 Å². The van der Waals surface area contributed by atoms with E-state index < -0.39 is 20.7 Å². The molecule has 0 aliphatic rings. The molecule has 0 radical (unpaired) electrons. The molecule has 7 heteroatoms. The molecule has 102 valence electrons. The summed E-state index contributed by atoms with van der Waals surface area (Å²) in [6, 6.07) is 2.84. The van der Waals surface area contributed by atoms with E-state index in [0.29, 0.717) is 6.42 Å². The van der Waals surface area contributed by atoms with E-state index in [1.165, 1.54) is 0 Å². The Hall–Kier alpha value is -0.880. The van der Waals surface area contributed by atoms with E-state index in [9.17, 15) is 17.2 Å². The van der Waals surface area contributed by atoms with Crippen molar-refractivity contribution >= 4 is 19.7 Å². The third-order valence-electron chi connectivity index (χ3n) is 2.38. The van der Waals surface area contributed by atoms with Gasteiger partial charge in [-0.05, 0) is 18.6 Å². The standard InChI is InChI=1S/C11H13ClF2O3S/c1-2-8(7-18(12,15)16)6-17-11-5-9(13)3-4-10(11)14/h3-5,8H,2,6-7H2,1H3. The summed E-state index contributed by atoms with van der Waals surface area (Å²) in [5.41, 5.74) is 0. The SMILES string of the molecule is CCC(COc1cc(F)ccc1F)CS(=O)(=O)Cl. The van der Waals surface area contributed by atoms with Gasteiger partial charge in [0.2, 0.25) is 9.05 Å². The van der Waals surface area contributed by atoms with Crippen molar-refractivity contribution in [3.63, 3.8) is 0 Å². The summed E-state index contributed by atoms with van der Waals surface area (Å²) in [5.74, 6) is -2.18. The van der Waals surface area contributed by atoms with E-state index in [-0.39, 0.29) is 24.0 Å². The first kappa shape index (κ1) is 15.2. The van der Waals surface area contributed by atoms with E-state index in [1.54, 1.807) is 6.92 Å². The van der Waals surface area contributed by atoms with E-state index in [1.807, 2.05) is 0 Å². The highest BCUT2D eigenvalue weighted by Gasteiger charge is 2.17. The molecule has 0 spiro atoms. The van der Waals surface area contributed by atoms with Crippen LogP contribution in [0.25, 0.3) is 0 Å². The van der Waals surface area contributed by atoms with Crippen LogP contribution in [0.5, 0.6) is 5.75 Å². The maximum Gasteiger partial charge on any atom is 0.232 e. The average Bonchev–Trinajstić information content (AvgIpc) is 2.27. The fourth-order valence-electron chi connectivity index (χ4n) is 1.36. The summed E-state index contributed by atoms with van der Waals surface area (Å²) in [4.78, 5) is 0. The molecule has 3 nitrogen and oxygen atoms in total. The summed E-state index contributed by atoms with van der Waals surface area (Å²) in [7, 11) is 1.49. The number of benzene rings is 1. The van der Waals surface area contributed by atoms with Gasteiger partial charge in [0.15, 0.2) is 11.6 Å². The lowest BCUT2D eigenvalue weighted by Gasteiger charge is -2.14. The zero-order valence-electron chi connectivity index (χ0n) is 9.70. The van der Waals surface area contributed by atoms with Crippen molar-refractivity contribution < 1.29 is 21.9 Å². The van der Waals surface area contributed by atoms with Crippen LogP contribution in [0, 0.1) is 17.6 Å². The van der Waals surface area contributed by atoms with Gasteiger partial charge < -0.3 is 4.74 Å². The van der Waals surface area contributed by atoms with Crippen molar-refractivity contribution in [1.82, 2.24) is 0 Å². The van der Waals surface area contributed by atoms with Gasteiger partial charge in [0.25, 0.3) is 0 Å². The Kier molecular flexibility index (Phi) is 5.34. The molecule has 0 saturated carbocycles. The second-order valence-electron chi connectivity index (χ2n) is 3.87. The number of hydrogen-bond donors (Lipinski definition) is 0. The normalized spacial score (nSPS) is 13.3. The number of halogens is 3. The molecule has 0 N–H and O–H groups in total. The summed E-state index contributed by atoms with van der Waals surface area (Å²) < 4.78 is 53.0. The Bertz CT molecular complexity index is 505. The Morgan fingerprint density at radius 3 is 2.61 bits per heavy atom. The maximum absolute atomic E-state index is 13.2. The summed E-state index contributed by atoms with van der Waals surface area (Å²) >= 11 is 0. The van der Waals surface area contributed by atoms with Gasteiger partial charge in [-0.15, -0.1) is 0 Å². The van der Waals surface area contributed by atoms with Crippen LogP contribution in [0.4, 0.5) is 8.78 Å². The van der Waals surface area contributed by atoms with E-state index in [4.69, 9.17) is 15.4 Å². The zero-order chi connectivity index (χ0) is 13.8. The largest absolute Gasteiger partial charge is 0.490 e. The Labute approximate surface area is 109 Å². The highest BCUT2D eigenvalue weighted by Crippen LogP contribution is 2.20. The molecule has 0 bridgehead atoms. The second-order valence-corrected chi connectivity index (χ2v) is 6.69. The molecule has 1 unspecified atom stereocenters. The zero-order valence-corrected chi connectivity index (χ0v) is 11.3. The second kappa shape index (κ2) is 6.33. The fraction of sp³-hybridized carbons (Fsp3) is 0.455. The van der Waals surface area contributed by atoms with Crippen LogP contribution < -0.4 is 4.74 Å². The van der Waals surface area contributed by atoms with Gasteiger partial charge >= 0.3 is 0 Å². The quantitative estimate of drug-likeness (QED) is 0.758. The molecule has 0 aliphatic heterocycles. The number of ether oxygens (including phenoxy) is 1. The molecule has 0 amide bonds. The molecule has 0 saturated heterocycles. The highest BCUT2D eigenvalue weighted by atomic mass is 35.7. The Morgan fingerprint density at radius 1 is 1.39 bits per heavy atom. The van der Waals surface area contributed by atoms with Gasteiger partial charge in [0.05, 0.1) is 12.4 Å². The lowest BCUT2D eigenvalue weighted by molar-refractivity contribution is 0.246. The lowest BCUT2D eigenvalue weighted by Crippen LogP contribution is -2.19. The first-order chi connectivity index (χ1) is 8.31. The minimum absolute atomic E-state index is 0.0389. The van der Waals surface area contributed by atoms with Crippen LogP contribution in [-0.2, 0) is 9.05 Å². The molecular weight excluding hydrogens is 286 g/mol. The fourth-order valence-corrected chi connectivity index (χ4v) is 2.79. The molecule has 1 aromatic rings. The van der Waals surface area contributed by atoms with Crippen molar-refractivity contribution in [3.05, 3.63) is 29.8 Å². The van der Waals surface area contributed by atoms with Gasteiger partial charge in [0, 0.05) is 22.7 Å². The smallest absolute Gasteiger partial charge is 0.232 e. The number of rotatable bonds is 6. The molecule has 1 aromatic carbocycles. The van der Waals surface area contributed by atoms with Crippen molar-refractivity contribution in [2.75, 3.05) is 12.4 Å². The van der Waals surface area contributed by atoms with E-state index in [0.717, 1.165) is 18.2 Å². The van der Waals surface area contributed by atoms with Crippen molar-refractivity contribution in [1.29, 1.82) is 0 Å². The van der Waals surface area contributed by atoms with Crippen LogP contribution in [0.1, 0.15) is 13.3 Å². The van der Waals surface area contributed by atoms with Crippen molar-refractivity contribution in [3.8, 4) is 5.75 Å². The van der Waals surface area contributed by atoms with Crippen molar-refractivity contribution in [2.24, 2.45) is 5.92 Å². The molecule has 18 heavy (non-hydrogen) atoms. The minimum atomic E-state index is -3.63. The first-order valence-corrected chi connectivity index (χ1v) is 7.80. The van der Waals surface area contributed by atoms with Crippen LogP contribution >= 0.6 is 10.7 Å². The van der Waals surface area contributed by atoms with Gasteiger partial charge in [-0.25, -0.2) is 17.2 Å². The van der Waals surface area contributed by atoms with Crippen molar-refractivity contribution in [2.45, 2.75) is 13.3 Å². The summed E-state index contributed by atoms with van der Waals surface area (Å²) in [6.07, 6.45) is 0.503. The predicted octanol–water partition coefficient (Wildman–Crippen LogP) is 2.94. The van der Waals surface area contributed by atoms with Gasteiger partial charge in [-0.2, -0.15) is 0 Å². The maximum atomic E-state index is 13.2. The van der Waals surface area contributed by atoms with Gasteiger partial charge in [0.1, 0.15) is 5.82 Å². The molecule has 1 rings (SSSR count). The average molecular weight is 299 g/mol. The molecular formula is C11H13ClF2O3S. The van der Waals surface area contributed by atoms with E-state index >= 15 is 0 Å². The monoisotopic (exact) mass is 298 g/mol. The Morgan fingerprint density at radius 2 is 2.06 bits per heavy atom. The van der Waals surface area contributed by atoms with Crippen LogP contribution in [-0.4, -0.2) is 20.8 Å². The number of hydrogen-bond acceptors (Lipinski definition) is 3. The summed E-state index contributed by atoms with van der Waals surface area (Å²) in [5, 5.41) is 0. The predicted molar refractivity (Wildman–Crippen MR) is 65.3 cm³/mol. The van der Waals surface area contributed by atoms with Gasteiger partial charge in [-0.3, -0.25) is 0 Å². The topological polar surface area (TPSA) is 43.4 Å². The molecule has 0 fully saturated rings. The molecule has 1 atom stereocenters. The highest BCUT2D eigenvalue weighted by molar-refractivity contribution is 8.13. The van der Waals surface area contributed by atoms with E-state index in [2.05, 4.69) is 0 Å². The molecule has 0 aromatic heterocycles.